The molecule has 0 saturated carbocycles. The number of benzene rings is 1. The van der Waals surface area contributed by atoms with Gasteiger partial charge in [0.15, 0.2) is 0 Å². The summed E-state index contributed by atoms with van der Waals surface area (Å²) in [6.45, 7) is 3.78. The Balaban J connectivity index is 1.95. The molecule has 19 heavy (non-hydrogen) atoms. The van der Waals surface area contributed by atoms with Gasteiger partial charge in [-0.2, -0.15) is 0 Å². The molecule has 4 heteroatoms. The molecule has 0 fully saturated rings. The van der Waals surface area contributed by atoms with Gasteiger partial charge in [-0.15, -0.1) is 11.3 Å². The third-order valence-corrected chi connectivity index (χ3v) is 4.68. The van der Waals surface area contributed by atoms with Gasteiger partial charge in [0, 0.05) is 17.0 Å². The Morgan fingerprint density at radius 3 is 3.05 bits per heavy atom. The number of hydrogen-bond donors (Lipinski definition) is 1. The summed E-state index contributed by atoms with van der Waals surface area (Å²) in [6, 6.07) is 8.28. The van der Waals surface area contributed by atoms with Crippen LogP contribution >= 0.6 is 11.3 Å². The lowest BCUT2D eigenvalue weighted by molar-refractivity contribution is 0.343. The molecule has 3 nitrogen and oxygen atoms in total. The summed E-state index contributed by atoms with van der Waals surface area (Å²) in [5.41, 5.74) is 2.49. The zero-order valence-corrected chi connectivity index (χ0v) is 12.1. The van der Waals surface area contributed by atoms with Crippen LogP contribution in [0.2, 0.25) is 0 Å². The third-order valence-electron chi connectivity index (χ3n) is 3.47. The van der Waals surface area contributed by atoms with E-state index in [1.807, 2.05) is 30.5 Å². The Hall–Kier alpha value is -1.39. The largest absolute Gasteiger partial charge is 0.492 e. The normalized spacial score (nSPS) is 17.3. The summed E-state index contributed by atoms with van der Waals surface area (Å²) in [5, 5.41) is 4.41. The van der Waals surface area contributed by atoms with E-state index in [0.29, 0.717) is 5.92 Å². The fourth-order valence-electron chi connectivity index (χ4n) is 2.49. The Kier molecular flexibility index (Phi) is 3.53. The second-order valence-corrected chi connectivity index (χ2v) is 5.82. The van der Waals surface area contributed by atoms with Crippen LogP contribution in [0.4, 0.5) is 0 Å². The second kappa shape index (κ2) is 5.31. The van der Waals surface area contributed by atoms with Crippen molar-refractivity contribution >= 4 is 11.3 Å². The number of fused-ring (bicyclic) bond motifs is 1. The molecule has 3 rings (SSSR count). The van der Waals surface area contributed by atoms with Crippen molar-refractivity contribution in [3.05, 3.63) is 45.4 Å². The van der Waals surface area contributed by atoms with Crippen LogP contribution in [0.25, 0.3) is 0 Å². The first-order chi connectivity index (χ1) is 9.33. The van der Waals surface area contributed by atoms with Crippen molar-refractivity contribution in [2.75, 3.05) is 13.7 Å². The predicted molar refractivity (Wildman–Crippen MR) is 78.0 cm³/mol. The summed E-state index contributed by atoms with van der Waals surface area (Å²) in [5.74, 6) is 1.31. The van der Waals surface area contributed by atoms with Crippen molar-refractivity contribution in [3.8, 4) is 5.75 Å². The van der Waals surface area contributed by atoms with Gasteiger partial charge in [0.25, 0.3) is 0 Å². The monoisotopic (exact) mass is 274 g/mol. The van der Waals surface area contributed by atoms with Gasteiger partial charge in [-0.1, -0.05) is 25.1 Å². The van der Waals surface area contributed by atoms with Gasteiger partial charge in [-0.3, -0.25) is 0 Å². The summed E-state index contributed by atoms with van der Waals surface area (Å²) >= 11 is 1.82. The summed E-state index contributed by atoms with van der Waals surface area (Å²) in [4.78, 5) is 6.18. The van der Waals surface area contributed by atoms with Gasteiger partial charge in [0.1, 0.15) is 17.4 Å². The first-order valence-corrected chi connectivity index (χ1v) is 7.50. The third kappa shape index (κ3) is 2.26. The Labute approximate surface area is 117 Å². The van der Waals surface area contributed by atoms with E-state index in [1.165, 1.54) is 21.1 Å². The van der Waals surface area contributed by atoms with E-state index in [9.17, 15) is 0 Å². The van der Waals surface area contributed by atoms with Crippen molar-refractivity contribution in [2.24, 2.45) is 0 Å². The predicted octanol–water partition coefficient (Wildman–Crippen LogP) is 2.95. The number of nitrogens with zero attached hydrogens (tertiary/aromatic N) is 1. The van der Waals surface area contributed by atoms with E-state index < -0.39 is 0 Å². The smallest absolute Gasteiger partial charge is 0.123 e. The van der Waals surface area contributed by atoms with Crippen LogP contribution in [0, 0.1) is 0 Å². The number of nitrogens with one attached hydrogen (secondary N) is 1. The van der Waals surface area contributed by atoms with Gasteiger partial charge in [0.05, 0.1) is 11.6 Å². The Bertz CT molecular complexity index is 579. The SMILES string of the molecule is CCc1nc(C2COc3ccccc32)sc1CNC. The minimum atomic E-state index is 0.303. The van der Waals surface area contributed by atoms with Crippen LogP contribution in [0.15, 0.2) is 24.3 Å². The molecule has 1 N–H and O–H groups in total. The highest BCUT2D eigenvalue weighted by molar-refractivity contribution is 7.11. The molecule has 2 aromatic rings. The summed E-state index contributed by atoms with van der Waals surface area (Å²) in [6.07, 6.45) is 0.989. The number of thiazole rings is 1. The molecule has 1 atom stereocenters. The fraction of sp³-hybridized carbons (Fsp3) is 0.400. The van der Waals surface area contributed by atoms with Crippen LogP contribution in [0.3, 0.4) is 0 Å². The molecule has 1 aromatic heterocycles. The lowest BCUT2D eigenvalue weighted by Gasteiger charge is -2.03. The van der Waals surface area contributed by atoms with Crippen LogP contribution in [0.1, 0.15) is 34.0 Å². The van der Waals surface area contributed by atoms with Crippen molar-refractivity contribution in [1.29, 1.82) is 0 Å². The number of aromatic nitrogens is 1. The molecule has 2 heterocycles. The molecule has 1 unspecified atom stereocenters. The van der Waals surface area contributed by atoms with Gasteiger partial charge >= 0.3 is 0 Å². The van der Waals surface area contributed by atoms with Crippen molar-refractivity contribution in [3.63, 3.8) is 0 Å². The molecule has 1 aliphatic rings. The number of rotatable bonds is 4. The molecule has 1 aromatic carbocycles. The lowest BCUT2D eigenvalue weighted by atomic mass is 10.0. The topological polar surface area (TPSA) is 34.1 Å². The Morgan fingerprint density at radius 1 is 1.42 bits per heavy atom. The molecule has 0 radical (unpaired) electrons. The van der Waals surface area contributed by atoms with E-state index in [2.05, 4.69) is 24.4 Å². The minimum Gasteiger partial charge on any atom is -0.492 e. The van der Waals surface area contributed by atoms with E-state index in [-0.39, 0.29) is 0 Å². The summed E-state index contributed by atoms with van der Waals surface area (Å²) in [7, 11) is 1.98. The number of ether oxygens (including phenoxy) is 1. The van der Waals surface area contributed by atoms with Crippen molar-refractivity contribution in [2.45, 2.75) is 25.8 Å². The molecule has 0 aliphatic carbocycles. The first-order valence-electron chi connectivity index (χ1n) is 6.68. The zero-order chi connectivity index (χ0) is 13.2. The second-order valence-electron chi connectivity index (χ2n) is 4.71. The highest BCUT2D eigenvalue weighted by Crippen LogP contribution is 2.39. The number of para-hydroxylation sites is 1. The first kappa shape index (κ1) is 12.6. The molecule has 0 bridgehead atoms. The highest BCUT2D eigenvalue weighted by atomic mass is 32.1. The Morgan fingerprint density at radius 2 is 2.26 bits per heavy atom. The molecular weight excluding hydrogens is 256 g/mol. The molecule has 1 aliphatic heterocycles. The van der Waals surface area contributed by atoms with Crippen LogP contribution in [-0.4, -0.2) is 18.6 Å². The van der Waals surface area contributed by atoms with Gasteiger partial charge in [0.2, 0.25) is 0 Å². The standard InChI is InChI=1S/C15H18N2OS/c1-3-12-14(8-16-2)19-15(17-12)11-9-18-13-7-5-4-6-10(11)13/h4-7,11,16H,3,8-9H2,1-2H3. The average molecular weight is 274 g/mol. The van der Waals surface area contributed by atoms with Crippen LogP contribution in [-0.2, 0) is 13.0 Å². The van der Waals surface area contributed by atoms with E-state index in [1.54, 1.807) is 0 Å². The van der Waals surface area contributed by atoms with Crippen LogP contribution in [0.5, 0.6) is 5.75 Å². The molecule has 0 amide bonds. The van der Waals surface area contributed by atoms with E-state index >= 15 is 0 Å². The highest BCUT2D eigenvalue weighted by Gasteiger charge is 2.28. The van der Waals surface area contributed by atoms with Gasteiger partial charge < -0.3 is 10.1 Å². The maximum Gasteiger partial charge on any atom is 0.123 e. The zero-order valence-electron chi connectivity index (χ0n) is 11.3. The quantitative estimate of drug-likeness (QED) is 0.930. The maximum absolute atomic E-state index is 5.76. The van der Waals surface area contributed by atoms with E-state index in [0.717, 1.165) is 25.3 Å². The average Bonchev–Trinajstić information content (AvgIpc) is 3.02. The minimum absolute atomic E-state index is 0.303. The van der Waals surface area contributed by atoms with Crippen LogP contribution < -0.4 is 10.1 Å². The molecular formula is C15H18N2OS. The molecule has 0 spiro atoms. The number of aryl methyl sites for hydroxylation is 1. The van der Waals surface area contributed by atoms with Crippen molar-refractivity contribution in [1.82, 2.24) is 10.3 Å². The fourth-order valence-corrected chi connectivity index (χ4v) is 3.76. The van der Waals surface area contributed by atoms with E-state index in [4.69, 9.17) is 9.72 Å². The molecule has 0 saturated heterocycles. The lowest BCUT2D eigenvalue weighted by Crippen LogP contribution is -2.05. The van der Waals surface area contributed by atoms with Gasteiger partial charge in [-0.05, 0) is 19.5 Å². The molecule has 100 valence electrons. The van der Waals surface area contributed by atoms with Crippen molar-refractivity contribution < 1.29 is 4.74 Å². The maximum atomic E-state index is 5.76. The van der Waals surface area contributed by atoms with Gasteiger partial charge in [-0.25, -0.2) is 4.98 Å². The number of hydrogen-bond acceptors (Lipinski definition) is 4. The summed E-state index contributed by atoms with van der Waals surface area (Å²) < 4.78 is 5.76.